The van der Waals surface area contributed by atoms with E-state index in [1.165, 1.54) is 4.90 Å². The molecule has 7 heteroatoms. The van der Waals surface area contributed by atoms with Crippen LogP contribution in [0.2, 0.25) is 0 Å². The summed E-state index contributed by atoms with van der Waals surface area (Å²) >= 11 is 0. The smallest absolute Gasteiger partial charge is 0.341 e. The van der Waals surface area contributed by atoms with Gasteiger partial charge in [-0.1, -0.05) is 17.7 Å². The van der Waals surface area contributed by atoms with E-state index in [4.69, 9.17) is 0 Å². The van der Waals surface area contributed by atoms with Crippen molar-refractivity contribution in [3.63, 3.8) is 0 Å². The van der Waals surface area contributed by atoms with Gasteiger partial charge in [0, 0.05) is 44.6 Å². The first-order chi connectivity index (χ1) is 12.2. The Balaban J connectivity index is 1.86. The zero-order valence-corrected chi connectivity index (χ0v) is 15.2. The van der Waals surface area contributed by atoms with Gasteiger partial charge < -0.3 is 4.90 Å². The molecule has 4 nitrogen and oxygen atoms in total. The Morgan fingerprint density at radius 2 is 1.77 bits per heavy atom. The molecule has 0 aliphatic carbocycles. The van der Waals surface area contributed by atoms with Gasteiger partial charge in [0.15, 0.2) is 5.78 Å². The quantitative estimate of drug-likeness (QED) is 0.747. The number of carbonyl (C=O) groups is 2. The number of benzene rings is 1. The zero-order chi connectivity index (χ0) is 19.3. The Morgan fingerprint density at radius 3 is 2.46 bits per heavy atom. The molecule has 1 saturated heterocycles. The summed E-state index contributed by atoms with van der Waals surface area (Å²) < 4.78 is 37.5. The minimum Gasteiger partial charge on any atom is -0.341 e. The zero-order valence-electron chi connectivity index (χ0n) is 15.2. The van der Waals surface area contributed by atoms with Crippen LogP contribution in [0, 0.1) is 13.8 Å². The first kappa shape index (κ1) is 20.4. The maximum absolute atomic E-state index is 12.5. The van der Waals surface area contributed by atoms with Crippen LogP contribution in [0.4, 0.5) is 13.2 Å². The number of hydrogen-bond acceptors (Lipinski definition) is 3. The van der Waals surface area contributed by atoms with Crippen molar-refractivity contribution < 1.29 is 22.8 Å². The van der Waals surface area contributed by atoms with Gasteiger partial charge in [0.2, 0.25) is 5.91 Å². The molecule has 0 bridgehead atoms. The first-order valence-corrected chi connectivity index (χ1v) is 8.83. The molecule has 1 amide bonds. The second-order valence-electron chi connectivity index (χ2n) is 6.87. The van der Waals surface area contributed by atoms with Crippen molar-refractivity contribution in [2.24, 2.45) is 0 Å². The van der Waals surface area contributed by atoms with Crippen LogP contribution in [0.25, 0.3) is 0 Å². The van der Waals surface area contributed by atoms with E-state index in [0.717, 1.165) is 11.1 Å². The molecule has 1 heterocycles. The Bertz CT molecular complexity index is 659. The van der Waals surface area contributed by atoms with E-state index in [0.29, 0.717) is 25.1 Å². The number of hydrogen-bond donors (Lipinski definition) is 0. The van der Waals surface area contributed by atoms with Crippen molar-refractivity contribution >= 4 is 11.7 Å². The number of alkyl halides is 3. The number of aryl methyl sites for hydroxylation is 2. The number of amides is 1. The van der Waals surface area contributed by atoms with Crippen molar-refractivity contribution in [1.29, 1.82) is 0 Å². The highest BCUT2D eigenvalue weighted by Gasteiger charge is 2.31. The molecule has 0 atom stereocenters. The molecule has 0 spiro atoms. The summed E-state index contributed by atoms with van der Waals surface area (Å²) in [6.45, 7) is 4.06. The summed E-state index contributed by atoms with van der Waals surface area (Å²) in [5, 5.41) is 0. The van der Waals surface area contributed by atoms with Crippen molar-refractivity contribution in [3.05, 3.63) is 34.9 Å². The SMILES string of the molecule is Cc1ccc(C)c(C(=O)CCC(=O)N2CCCN(CC(F)(F)F)CC2)c1. The van der Waals surface area contributed by atoms with Gasteiger partial charge >= 0.3 is 6.18 Å². The lowest BCUT2D eigenvalue weighted by Crippen LogP contribution is -2.38. The minimum atomic E-state index is -4.22. The number of Topliss-reactive ketones (excluding diaryl/α,β-unsaturated/α-hetero) is 1. The molecule has 0 radical (unpaired) electrons. The molecule has 0 saturated carbocycles. The first-order valence-electron chi connectivity index (χ1n) is 8.83. The highest BCUT2D eigenvalue weighted by Crippen LogP contribution is 2.18. The Morgan fingerprint density at radius 1 is 1.04 bits per heavy atom. The lowest BCUT2D eigenvalue weighted by Gasteiger charge is -2.22. The third kappa shape index (κ3) is 6.12. The predicted molar refractivity (Wildman–Crippen MR) is 93.2 cm³/mol. The Hall–Kier alpha value is -1.89. The largest absolute Gasteiger partial charge is 0.401 e. The van der Waals surface area contributed by atoms with Gasteiger partial charge in [0.1, 0.15) is 0 Å². The van der Waals surface area contributed by atoms with Crippen LogP contribution in [0.3, 0.4) is 0 Å². The van der Waals surface area contributed by atoms with Crippen LogP contribution in [-0.2, 0) is 4.79 Å². The average Bonchev–Trinajstić information content (AvgIpc) is 2.78. The fourth-order valence-corrected chi connectivity index (χ4v) is 3.18. The van der Waals surface area contributed by atoms with Gasteiger partial charge in [-0.05, 0) is 31.9 Å². The molecule has 1 aliphatic heterocycles. The second-order valence-corrected chi connectivity index (χ2v) is 6.87. The Kier molecular flexibility index (Phi) is 6.81. The number of ketones is 1. The third-order valence-electron chi connectivity index (χ3n) is 4.60. The summed E-state index contributed by atoms with van der Waals surface area (Å²) in [5.41, 5.74) is 2.50. The van der Waals surface area contributed by atoms with E-state index in [2.05, 4.69) is 0 Å². The normalized spacial score (nSPS) is 16.4. The van der Waals surface area contributed by atoms with E-state index in [1.54, 1.807) is 4.90 Å². The monoisotopic (exact) mass is 370 g/mol. The topological polar surface area (TPSA) is 40.6 Å². The summed E-state index contributed by atoms with van der Waals surface area (Å²) in [5.74, 6) is -0.245. The second kappa shape index (κ2) is 8.66. The number of rotatable bonds is 5. The van der Waals surface area contributed by atoms with Crippen molar-refractivity contribution in [2.75, 3.05) is 32.7 Å². The molecule has 144 valence electrons. The van der Waals surface area contributed by atoms with Crippen LogP contribution >= 0.6 is 0 Å². The van der Waals surface area contributed by atoms with E-state index in [1.807, 2.05) is 32.0 Å². The molecular formula is C19H25F3N2O2. The highest BCUT2D eigenvalue weighted by atomic mass is 19.4. The third-order valence-corrected chi connectivity index (χ3v) is 4.60. The molecule has 26 heavy (non-hydrogen) atoms. The fourth-order valence-electron chi connectivity index (χ4n) is 3.18. The van der Waals surface area contributed by atoms with Crippen molar-refractivity contribution in [2.45, 2.75) is 39.3 Å². The van der Waals surface area contributed by atoms with Crippen molar-refractivity contribution in [3.8, 4) is 0 Å². The minimum absolute atomic E-state index is 0.0759. The maximum Gasteiger partial charge on any atom is 0.401 e. The Labute approximate surface area is 152 Å². The molecule has 0 N–H and O–H groups in total. The molecule has 1 aliphatic rings. The van der Waals surface area contributed by atoms with Gasteiger partial charge in [-0.3, -0.25) is 14.5 Å². The van der Waals surface area contributed by atoms with E-state index >= 15 is 0 Å². The lowest BCUT2D eigenvalue weighted by atomic mass is 9.99. The lowest BCUT2D eigenvalue weighted by molar-refractivity contribution is -0.145. The molecule has 1 aromatic carbocycles. The van der Waals surface area contributed by atoms with Gasteiger partial charge in [-0.15, -0.1) is 0 Å². The van der Waals surface area contributed by atoms with Gasteiger partial charge in [0.25, 0.3) is 0 Å². The molecule has 2 rings (SSSR count). The van der Waals surface area contributed by atoms with Crippen LogP contribution in [0.15, 0.2) is 18.2 Å². The van der Waals surface area contributed by atoms with Gasteiger partial charge in [-0.25, -0.2) is 0 Å². The van der Waals surface area contributed by atoms with Crippen LogP contribution < -0.4 is 0 Å². The van der Waals surface area contributed by atoms with Crippen LogP contribution in [-0.4, -0.2) is 60.4 Å². The van der Waals surface area contributed by atoms with E-state index < -0.39 is 12.7 Å². The molecule has 0 aromatic heterocycles. The maximum atomic E-state index is 12.5. The van der Waals surface area contributed by atoms with E-state index in [9.17, 15) is 22.8 Å². The summed E-state index contributed by atoms with van der Waals surface area (Å²) in [6, 6.07) is 5.64. The number of halogens is 3. The summed E-state index contributed by atoms with van der Waals surface area (Å²) in [6.07, 6.45) is -3.51. The molecular weight excluding hydrogens is 345 g/mol. The standard InChI is InChI=1S/C19H25F3N2O2/c1-14-4-5-15(2)16(12-14)17(25)6-7-18(26)24-9-3-8-23(10-11-24)13-19(20,21)22/h4-5,12H,3,6-11,13H2,1-2H3. The summed E-state index contributed by atoms with van der Waals surface area (Å²) in [7, 11) is 0. The average molecular weight is 370 g/mol. The van der Waals surface area contributed by atoms with Gasteiger partial charge in [-0.2, -0.15) is 13.2 Å². The van der Waals surface area contributed by atoms with Gasteiger partial charge in [0.05, 0.1) is 6.54 Å². The molecule has 0 unspecified atom stereocenters. The predicted octanol–water partition coefficient (Wildman–Crippen LogP) is 3.36. The van der Waals surface area contributed by atoms with Crippen LogP contribution in [0.1, 0.15) is 40.7 Å². The molecule has 1 aromatic rings. The fraction of sp³-hybridized carbons (Fsp3) is 0.579. The number of carbonyl (C=O) groups excluding carboxylic acids is 2. The van der Waals surface area contributed by atoms with E-state index in [-0.39, 0.29) is 37.6 Å². The molecule has 1 fully saturated rings. The number of nitrogens with zero attached hydrogens (tertiary/aromatic N) is 2. The summed E-state index contributed by atoms with van der Waals surface area (Å²) in [4.78, 5) is 27.6. The highest BCUT2D eigenvalue weighted by molar-refractivity contribution is 5.99. The van der Waals surface area contributed by atoms with Crippen molar-refractivity contribution in [1.82, 2.24) is 9.80 Å². The van der Waals surface area contributed by atoms with Crippen LogP contribution in [0.5, 0.6) is 0 Å².